The number of nitrogens with zero attached hydrogens (tertiary/aromatic N) is 2. The lowest BCUT2D eigenvalue weighted by atomic mass is 9.92. The number of hydrogen-bond donors (Lipinski definition) is 2. The summed E-state index contributed by atoms with van der Waals surface area (Å²) in [6.07, 6.45) is 3.71. The van der Waals surface area contributed by atoms with E-state index in [1.807, 2.05) is 0 Å². The molecule has 98 valence electrons. The van der Waals surface area contributed by atoms with Crippen molar-refractivity contribution in [3.8, 4) is 0 Å². The predicted octanol–water partition coefficient (Wildman–Crippen LogP) is 1.99. The fourth-order valence-electron chi connectivity index (χ4n) is 2.47. The summed E-state index contributed by atoms with van der Waals surface area (Å²) in [7, 11) is 0. The zero-order chi connectivity index (χ0) is 13.3. The van der Waals surface area contributed by atoms with E-state index >= 15 is 0 Å². The van der Waals surface area contributed by atoms with Crippen LogP contribution in [0.1, 0.15) is 37.0 Å². The van der Waals surface area contributed by atoms with Gasteiger partial charge in [-0.2, -0.15) is 0 Å². The lowest BCUT2D eigenvalue weighted by Crippen LogP contribution is -2.43. The van der Waals surface area contributed by atoms with Gasteiger partial charge in [0.15, 0.2) is 5.82 Å². The molecule has 1 aromatic heterocycles. The molecule has 0 radical (unpaired) electrons. The van der Waals surface area contributed by atoms with E-state index in [4.69, 9.17) is 10.8 Å². The average Bonchev–Trinajstić information content (AvgIpc) is 2.33. The number of nitrogens with two attached hydrogens (primary N) is 1. The van der Waals surface area contributed by atoms with E-state index < -0.39 is 5.97 Å². The van der Waals surface area contributed by atoms with Crippen LogP contribution >= 0.6 is 0 Å². The molecular formula is C13H19N3O2. The van der Waals surface area contributed by atoms with E-state index in [-0.39, 0.29) is 5.56 Å². The van der Waals surface area contributed by atoms with Crippen molar-refractivity contribution >= 4 is 17.5 Å². The zero-order valence-corrected chi connectivity index (χ0v) is 10.8. The molecule has 2 rings (SSSR count). The molecule has 0 saturated carbocycles. The molecule has 2 atom stereocenters. The number of pyridine rings is 1. The number of anilines is 2. The summed E-state index contributed by atoms with van der Waals surface area (Å²) in [6.45, 7) is 5.31. The van der Waals surface area contributed by atoms with Crippen LogP contribution in [0, 0.1) is 5.92 Å². The molecule has 2 unspecified atom stereocenters. The maximum absolute atomic E-state index is 10.8. The zero-order valence-electron chi connectivity index (χ0n) is 10.8. The molecule has 18 heavy (non-hydrogen) atoms. The molecule has 2 heterocycles. The van der Waals surface area contributed by atoms with Gasteiger partial charge >= 0.3 is 5.97 Å². The second kappa shape index (κ2) is 4.84. The Morgan fingerprint density at radius 1 is 1.56 bits per heavy atom. The number of aromatic nitrogens is 1. The third-order valence-electron chi connectivity index (χ3n) is 3.79. The number of carboxylic acid groups (broad SMARTS) is 1. The van der Waals surface area contributed by atoms with Crippen LogP contribution in [0.2, 0.25) is 0 Å². The van der Waals surface area contributed by atoms with Crippen molar-refractivity contribution in [2.45, 2.75) is 32.7 Å². The van der Waals surface area contributed by atoms with Crippen LogP contribution in [0.4, 0.5) is 11.5 Å². The van der Waals surface area contributed by atoms with Crippen molar-refractivity contribution in [1.29, 1.82) is 0 Å². The van der Waals surface area contributed by atoms with Gasteiger partial charge in [0.05, 0.1) is 11.3 Å². The summed E-state index contributed by atoms with van der Waals surface area (Å²) >= 11 is 0. The van der Waals surface area contributed by atoms with Gasteiger partial charge in [-0.3, -0.25) is 0 Å². The van der Waals surface area contributed by atoms with Gasteiger partial charge in [0.1, 0.15) is 0 Å². The quantitative estimate of drug-likeness (QED) is 0.837. The van der Waals surface area contributed by atoms with Crippen LogP contribution in [0.3, 0.4) is 0 Å². The second-order valence-electron chi connectivity index (χ2n) is 5.00. The van der Waals surface area contributed by atoms with E-state index in [0.717, 1.165) is 13.0 Å². The Labute approximate surface area is 107 Å². The highest BCUT2D eigenvalue weighted by atomic mass is 16.4. The van der Waals surface area contributed by atoms with Gasteiger partial charge in [-0.25, -0.2) is 9.78 Å². The lowest BCUT2D eigenvalue weighted by molar-refractivity contribution is 0.0696. The fourth-order valence-corrected chi connectivity index (χ4v) is 2.47. The van der Waals surface area contributed by atoms with Crippen molar-refractivity contribution in [2.75, 3.05) is 17.2 Å². The highest BCUT2D eigenvalue weighted by molar-refractivity contribution is 5.89. The van der Waals surface area contributed by atoms with Crippen LogP contribution in [0.5, 0.6) is 0 Å². The highest BCUT2D eigenvalue weighted by Crippen LogP contribution is 2.30. The first-order valence-electron chi connectivity index (χ1n) is 6.26. The second-order valence-corrected chi connectivity index (χ2v) is 5.00. The number of rotatable bonds is 2. The largest absolute Gasteiger partial charge is 0.478 e. The molecule has 0 spiro atoms. The number of hydrogen-bond acceptors (Lipinski definition) is 4. The number of aromatic carboxylic acids is 1. The molecule has 0 bridgehead atoms. The molecule has 0 amide bonds. The minimum atomic E-state index is -0.999. The van der Waals surface area contributed by atoms with Crippen LogP contribution in [0.25, 0.3) is 0 Å². The Morgan fingerprint density at radius 3 is 2.89 bits per heavy atom. The topological polar surface area (TPSA) is 79.5 Å². The summed E-state index contributed by atoms with van der Waals surface area (Å²) in [5, 5.41) is 8.90. The average molecular weight is 249 g/mol. The summed E-state index contributed by atoms with van der Waals surface area (Å²) in [4.78, 5) is 17.3. The first-order valence-corrected chi connectivity index (χ1v) is 6.26. The van der Waals surface area contributed by atoms with Gasteiger partial charge in [-0.15, -0.1) is 0 Å². The summed E-state index contributed by atoms with van der Waals surface area (Å²) in [6, 6.07) is 1.86. The molecule has 1 saturated heterocycles. The third-order valence-corrected chi connectivity index (χ3v) is 3.79. The van der Waals surface area contributed by atoms with Crippen LogP contribution < -0.4 is 10.6 Å². The maximum atomic E-state index is 10.8. The molecule has 0 aromatic carbocycles. The molecule has 1 fully saturated rings. The monoisotopic (exact) mass is 249 g/mol. The third kappa shape index (κ3) is 2.25. The molecule has 3 N–H and O–H groups in total. The standard InChI is InChI=1S/C13H19N3O2/c1-8-4-3-5-16(9(8)2)12-11(14)6-10(7-15-12)13(17)18/h6-9H,3-5,14H2,1-2H3,(H,17,18). The van der Waals surface area contributed by atoms with E-state index in [0.29, 0.717) is 23.5 Å². The maximum Gasteiger partial charge on any atom is 0.337 e. The van der Waals surface area contributed by atoms with Crippen LogP contribution in [0.15, 0.2) is 12.3 Å². The molecule has 1 aliphatic heterocycles. The highest BCUT2D eigenvalue weighted by Gasteiger charge is 2.27. The lowest BCUT2D eigenvalue weighted by Gasteiger charge is -2.39. The normalized spacial score (nSPS) is 24.0. The summed E-state index contributed by atoms with van der Waals surface area (Å²) in [5.74, 6) is 0.305. The number of carbonyl (C=O) groups is 1. The Bertz CT molecular complexity index is 462. The molecule has 0 aliphatic carbocycles. The van der Waals surface area contributed by atoms with Crippen LogP contribution in [-0.2, 0) is 0 Å². The van der Waals surface area contributed by atoms with Gasteiger partial charge in [-0.1, -0.05) is 6.92 Å². The van der Waals surface area contributed by atoms with Gasteiger partial charge in [0.25, 0.3) is 0 Å². The summed E-state index contributed by atoms with van der Waals surface area (Å²) < 4.78 is 0. The Hall–Kier alpha value is -1.78. The molecule has 5 heteroatoms. The first-order chi connectivity index (χ1) is 8.50. The van der Waals surface area contributed by atoms with Gasteiger partial charge in [0, 0.05) is 18.8 Å². The van der Waals surface area contributed by atoms with E-state index in [9.17, 15) is 4.79 Å². The van der Waals surface area contributed by atoms with Crippen molar-refractivity contribution in [1.82, 2.24) is 4.98 Å². The van der Waals surface area contributed by atoms with Crippen molar-refractivity contribution < 1.29 is 9.90 Å². The Morgan fingerprint density at radius 2 is 2.28 bits per heavy atom. The van der Waals surface area contributed by atoms with Crippen LogP contribution in [-0.4, -0.2) is 28.6 Å². The van der Waals surface area contributed by atoms with Gasteiger partial charge in [0.2, 0.25) is 0 Å². The van der Waals surface area contributed by atoms with Gasteiger partial charge in [-0.05, 0) is 31.7 Å². The summed E-state index contributed by atoms with van der Waals surface area (Å²) in [5.41, 5.74) is 6.50. The van der Waals surface area contributed by atoms with E-state index in [2.05, 4.69) is 23.7 Å². The van der Waals surface area contributed by atoms with Crippen molar-refractivity contribution in [3.05, 3.63) is 17.8 Å². The SMILES string of the molecule is CC1CCCN(c2ncc(C(=O)O)cc2N)C1C. The van der Waals surface area contributed by atoms with Gasteiger partial charge < -0.3 is 15.7 Å². The smallest absolute Gasteiger partial charge is 0.337 e. The minimum Gasteiger partial charge on any atom is -0.478 e. The Balaban J connectivity index is 2.30. The number of piperidine rings is 1. The predicted molar refractivity (Wildman–Crippen MR) is 70.8 cm³/mol. The number of carboxylic acids is 1. The minimum absolute atomic E-state index is 0.133. The van der Waals surface area contributed by atoms with Crippen molar-refractivity contribution in [3.63, 3.8) is 0 Å². The fraction of sp³-hybridized carbons (Fsp3) is 0.538. The molecule has 5 nitrogen and oxygen atoms in total. The Kier molecular flexibility index (Phi) is 3.41. The van der Waals surface area contributed by atoms with E-state index in [1.54, 1.807) is 0 Å². The molecule has 1 aromatic rings. The first kappa shape index (κ1) is 12.7. The van der Waals surface area contributed by atoms with Crippen molar-refractivity contribution in [2.24, 2.45) is 5.92 Å². The molecular weight excluding hydrogens is 230 g/mol. The molecule has 1 aliphatic rings. The van der Waals surface area contributed by atoms with E-state index in [1.165, 1.54) is 18.7 Å². The number of nitrogen functional groups attached to an aromatic ring is 1.